The average molecular weight is 414 g/mol. The second-order valence-corrected chi connectivity index (χ2v) is 9.99. The molecule has 1 saturated heterocycles. The van der Waals surface area contributed by atoms with Crippen molar-refractivity contribution in [3.8, 4) is 11.8 Å². The van der Waals surface area contributed by atoms with Crippen molar-refractivity contribution in [3.05, 3.63) is 29.3 Å². The number of nitrogens with one attached hydrogen (secondary N) is 1. The zero-order valence-electron chi connectivity index (χ0n) is 18.6. The minimum Gasteiger partial charge on any atom is -0.491 e. The molecule has 1 saturated carbocycles. The van der Waals surface area contributed by atoms with Crippen molar-refractivity contribution < 1.29 is 19.1 Å². The van der Waals surface area contributed by atoms with Crippen molar-refractivity contribution in [2.24, 2.45) is 17.8 Å². The molecule has 2 aliphatic rings. The zero-order valence-corrected chi connectivity index (χ0v) is 18.6. The summed E-state index contributed by atoms with van der Waals surface area (Å²) in [5.74, 6) is 1.07. The molecule has 1 aliphatic heterocycles. The van der Waals surface area contributed by atoms with E-state index in [1.54, 1.807) is 23.1 Å². The third-order valence-electron chi connectivity index (χ3n) is 5.50. The van der Waals surface area contributed by atoms with E-state index < -0.39 is 11.1 Å². The number of benzene rings is 1. The fourth-order valence-corrected chi connectivity index (χ4v) is 3.98. The van der Waals surface area contributed by atoms with Gasteiger partial charge in [-0.1, -0.05) is 0 Å². The summed E-state index contributed by atoms with van der Waals surface area (Å²) >= 11 is 0. The maximum atomic E-state index is 12.8. The van der Waals surface area contributed by atoms with Crippen LogP contribution < -0.4 is 10.1 Å². The molecule has 2 fully saturated rings. The Balaban J connectivity index is 1.48. The Morgan fingerprint density at radius 1 is 1.20 bits per heavy atom. The Hall–Kier alpha value is -2.75. The van der Waals surface area contributed by atoms with Crippen LogP contribution in [0, 0.1) is 36.0 Å². The Morgan fingerprint density at radius 3 is 2.37 bits per heavy atom. The first-order valence-electron chi connectivity index (χ1n) is 10.3. The van der Waals surface area contributed by atoms with Gasteiger partial charge in [-0.3, -0.25) is 4.79 Å². The number of nitrogens with zero attached hydrogens (tertiary/aromatic N) is 2. The summed E-state index contributed by atoms with van der Waals surface area (Å²) in [4.78, 5) is 26.7. The van der Waals surface area contributed by atoms with Gasteiger partial charge in [0.05, 0.1) is 17.2 Å². The fourth-order valence-electron chi connectivity index (χ4n) is 3.98. The first-order chi connectivity index (χ1) is 13.9. The lowest BCUT2D eigenvalue weighted by atomic mass is 10.1. The number of hydrogen-bond donors (Lipinski definition) is 1. The molecular formula is C23H31N3O4. The van der Waals surface area contributed by atoms with Crippen LogP contribution in [-0.2, 0) is 9.53 Å². The van der Waals surface area contributed by atoms with Crippen molar-refractivity contribution in [3.63, 3.8) is 0 Å². The summed E-state index contributed by atoms with van der Waals surface area (Å²) in [5, 5.41) is 12.1. The lowest BCUT2D eigenvalue weighted by Gasteiger charge is -2.28. The highest BCUT2D eigenvalue weighted by Gasteiger charge is 2.61. The van der Waals surface area contributed by atoms with Gasteiger partial charge in [-0.25, -0.2) is 4.79 Å². The number of aryl methyl sites for hydroxylation is 1. The zero-order chi connectivity index (χ0) is 22.3. The lowest BCUT2D eigenvalue weighted by Crippen LogP contribution is -2.49. The fraction of sp³-hybridized carbons (Fsp3) is 0.609. The highest BCUT2D eigenvalue weighted by molar-refractivity contribution is 5.84. The molecule has 3 atom stereocenters. The number of carbonyl (C=O) groups excluding carboxylic acids is 2. The molecule has 7 nitrogen and oxygen atoms in total. The molecular weight excluding hydrogens is 382 g/mol. The van der Waals surface area contributed by atoms with Crippen molar-refractivity contribution in [1.29, 1.82) is 5.26 Å². The predicted molar refractivity (Wildman–Crippen MR) is 112 cm³/mol. The topological polar surface area (TPSA) is 91.7 Å². The molecule has 3 rings (SSSR count). The van der Waals surface area contributed by atoms with E-state index in [0.717, 1.165) is 5.56 Å². The summed E-state index contributed by atoms with van der Waals surface area (Å²) in [7, 11) is 0. The van der Waals surface area contributed by atoms with E-state index in [1.165, 1.54) is 0 Å². The second-order valence-electron chi connectivity index (χ2n) is 9.99. The SMILES string of the molecule is Cc1cc(C#N)ccc1OCC(C)(C)NC(=O)C1[C@H]2CN(C(=O)OC(C)(C)C)C[C@@H]12. The molecule has 0 radical (unpaired) electrons. The molecule has 1 unspecified atom stereocenters. The van der Waals surface area contributed by atoms with Crippen LogP contribution in [0.15, 0.2) is 18.2 Å². The van der Waals surface area contributed by atoms with Crippen molar-refractivity contribution in [1.82, 2.24) is 10.2 Å². The van der Waals surface area contributed by atoms with Crippen LogP contribution in [0.1, 0.15) is 45.7 Å². The molecule has 2 amide bonds. The Labute approximate surface area is 178 Å². The summed E-state index contributed by atoms with van der Waals surface area (Å²) in [5.41, 5.74) is 0.417. The molecule has 30 heavy (non-hydrogen) atoms. The van der Waals surface area contributed by atoms with Gasteiger partial charge < -0.3 is 19.7 Å². The lowest BCUT2D eigenvalue weighted by molar-refractivity contribution is -0.125. The third kappa shape index (κ3) is 5.05. The van der Waals surface area contributed by atoms with Crippen LogP contribution in [-0.4, -0.2) is 47.7 Å². The number of hydrogen-bond acceptors (Lipinski definition) is 5. The number of fused-ring (bicyclic) bond motifs is 1. The smallest absolute Gasteiger partial charge is 0.410 e. The summed E-state index contributed by atoms with van der Waals surface area (Å²) in [6, 6.07) is 7.39. The normalized spacial score (nSPS) is 22.7. The third-order valence-corrected chi connectivity index (χ3v) is 5.50. The van der Waals surface area contributed by atoms with Crippen molar-refractivity contribution >= 4 is 12.0 Å². The Morgan fingerprint density at radius 2 is 1.83 bits per heavy atom. The molecule has 7 heteroatoms. The molecule has 0 aromatic heterocycles. The standard InChI is InChI=1S/C23H31N3O4/c1-14-9-15(10-24)7-8-18(14)29-13-23(5,6)25-20(27)19-16-11-26(12-17(16)19)21(28)30-22(2,3)4/h7-9,16-17,19H,11-13H2,1-6H3,(H,25,27)/t16-,17+,19?. The molecule has 1 aromatic carbocycles. The minimum absolute atomic E-state index is 0.0130. The highest BCUT2D eigenvalue weighted by Crippen LogP contribution is 2.52. The quantitative estimate of drug-likeness (QED) is 0.800. The molecule has 0 spiro atoms. The van der Waals surface area contributed by atoms with Crippen LogP contribution in [0.4, 0.5) is 4.79 Å². The van der Waals surface area contributed by atoms with Gasteiger partial charge in [-0.2, -0.15) is 5.26 Å². The van der Waals surface area contributed by atoms with Crippen molar-refractivity contribution in [2.45, 2.75) is 52.7 Å². The number of likely N-dealkylation sites (tertiary alicyclic amines) is 1. The van der Waals surface area contributed by atoms with Crippen LogP contribution >= 0.6 is 0 Å². The number of ether oxygens (including phenoxy) is 2. The number of amides is 2. The van der Waals surface area contributed by atoms with Gasteiger partial charge in [0.15, 0.2) is 0 Å². The molecule has 1 aliphatic carbocycles. The summed E-state index contributed by atoms with van der Waals surface area (Å²) < 4.78 is 11.3. The maximum Gasteiger partial charge on any atom is 0.410 e. The largest absolute Gasteiger partial charge is 0.491 e. The van der Waals surface area contributed by atoms with E-state index in [2.05, 4.69) is 11.4 Å². The Bertz CT molecular complexity index is 869. The molecule has 162 valence electrons. The number of nitriles is 1. The van der Waals surface area contributed by atoms with E-state index in [4.69, 9.17) is 14.7 Å². The second kappa shape index (κ2) is 7.82. The number of carbonyl (C=O) groups is 2. The van der Waals surface area contributed by atoms with E-state index in [0.29, 0.717) is 31.0 Å². The van der Waals surface area contributed by atoms with E-state index in [-0.39, 0.29) is 29.8 Å². The van der Waals surface area contributed by atoms with Crippen LogP contribution in [0.2, 0.25) is 0 Å². The monoisotopic (exact) mass is 413 g/mol. The predicted octanol–water partition coefficient (Wildman–Crippen LogP) is 3.25. The van der Waals surface area contributed by atoms with Gasteiger partial charge in [0, 0.05) is 19.0 Å². The Kier molecular flexibility index (Phi) is 5.72. The van der Waals surface area contributed by atoms with Crippen LogP contribution in [0.3, 0.4) is 0 Å². The summed E-state index contributed by atoms with van der Waals surface area (Å²) in [6.45, 7) is 12.7. The van der Waals surface area contributed by atoms with E-state index in [9.17, 15) is 9.59 Å². The average Bonchev–Trinajstić information content (AvgIpc) is 3.13. The first kappa shape index (κ1) is 21.9. The summed E-state index contributed by atoms with van der Waals surface area (Å²) in [6.07, 6.45) is -0.305. The minimum atomic E-state index is -0.542. The van der Waals surface area contributed by atoms with Gasteiger partial charge in [0.1, 0.15) is 18.0 Å². The van der Waals surface area contributed by atoms with Gasteiger partial charge in [0.25, 0.3) is 0 Å². The molecule has 1 heterocycles. The highest BCUT2D eigenvalue weighted by atomic mass is 16.6. The van der Waals surface area contributed by atoms with Gasteiger partial charge in [0.2, 0.25) is 5.91 Å². The first-order valence-corrected chi connectivity index (χ1v) is 10.3. The number of piperidine rings is 1. The van der Waals surface area contributed by atoms with Gasteiger partial charge in [-0.15, -0.1) is 0 Å². The number of rotatable bonds is 5. The van der Waals surface area contributed by atoms with Crippen LogP contribution in [0.5, 0.6) is 5.75 Å². The van der Waals surface area contributed by atoms with Crippen LogP contribution in [0.25, 0.3) is 0 Å². The van der Waals surface area contributed by atoms with E-state index >= 15 is 0 Å². The molecule has 1 N–H and O–H groups in total. The maximum absolute atomic E-state index is 12.8. The molecule has 0 bridgehead atoms. The van der Waals surface area contributed by atoms with Crippen molar-refractivity contribution in [2.75, 3.05) is 19.7 Å². The van der Waals surface area contributed by atoms with Gasteiger partial charge >= 0.3 is 6.09 Å². The van der Waals surface area contributed by atoms with E-state index in [1.807, 2.05) is 41.5 Å². The molecule has 1 aromatic rings. The van der Waals surface area contributed by atoms with Gasteiger partial charge in [-0.05, 0) is 77.1 Å².